The molecule has 1 aromatic heterocycles. The van der Waals surface area contributed by atoms with Crippen LogP contribution in [-0.4, -0.2) is 30.1 Å². The van der Waals surface area contributed by atoms with Crippen LogP contribution in [0.2, 0.25) is 0 Å². The average Bonchev–Trinajstić information content (AvgIpc) is 3.28. The fraction of sp³-hybridized carbons (Fsp3) is 0.250. The van der Waals surface area contributed by atoms with E-state index >= 15 is 0 Å². The van der Waals surface area contributed by atoms with Crippen molar-refractivity contribution in [3.63, 3.8) is 0 Å². The highest BCUT2D eigenvalue weighted by molar-refractivity contribution is 7.89. The molecule has 1 heterocycles. The van der Waals surface area contributed by atoms with Crippen LogP contribution in [0, 0.1) is 6.92 Å². The van der Waals surface area contributed by atoms with Crippen molar-refractivity contribution in [3.05, 3.63) is 84.3 Å². The number of hydrogen-bond donors (Lipinski definition) is 1. The van der Waals surface area contributed by atoms with Crippen LogP contribution in [0.25, 0.3) is 22.5 Å². The van der Waals surface area contributed by atoms with Gasteiger partial charge in [-0.05, 0) is 62.6 Å². The van der Waals surface area contributed by atoms with Gasteiger partial charge >= 0.3 is 5.97 Å². The highest BCUT2D eigenvalue weighted by Gasteiger charge is 2.24. The second-order valence-electron chi connectivity index (χ2n) is 9.69. The van der Waals surface area contributed by atoms with Gasteiger partial charge in [-0.25, -0.2) is 13.1 Å². The molecule has 37 heavy (non-hydrogen) atoms. The van der Waals surface area contributed by atoms with Crippen molar-refractivity contribution in [1.82, 2.24) is 14.9 Å². The lowest BCUT2D eigenvalue weighted by atomic mass is 10.1. The molecule has 0 aliphatic rings. The Morgan fingerprint density at radius 3 is 2.38 bits per heavy atom. The van der Waals surface area contributed by atoms with Crippen LogP contribution in [0.4, 0.5) is 0 Å². The number of esters is 1. The maximum absolute atomic E-state index is 13.0. The smallest absolute Gasteiger partial charge is 0.311 e. The third-order valence-electron chi connectivity index (χ3n) is 5.34. The Morgan fingerprint density at radius 2 is 1.70 bits per heavy atom. The zero-order valence-electron chi connectivity index (χ0n) is 21.2. The van der Waals surface area contributed by atoms with Crippen LogP contribution in [0.5, 0.6) is 5.75 Å². The second-order valence-corrected chi connectivity index (χ2v) is 11.3. The predicted molar refractivity (Wildman–Crippen MR) is 140 cm³/mol. The maximum Gasteiger partial charge on any atom is 0.311 e. The summed E-state index contributed by atoms with van der Waals surface area (Å²) in [7, 11) is -3.73. The van der Waals surface area contributed by atoms with E-state index in [1.54, 1.807) is 76.2 Å². The number of aromatic nitrogens is 2. The summed E-state index contributed by atoms with van der Waals surface area (Å²) in [5.74, 6) is 1.01. The first-order chi connectivity index (χ1) is 17.5. The summed E-state index contributed by atoms with van der Waals surface area (Å²) in [5, 5.41) is 3.93. The Labute approximate surface area is 216 Å². The maximum atomic E-state index is 13.0. The fourth-order valence-corrected chi connectivity index (χ4v) is 5.46. The molecular formula is C28H29N3O5S. The van der Waals surface area contributed by atoms with E-state index in [2.05, 4.69) is 14.9 Å². The number of aryl methyl sites for hydroxylation is 2. The molecule has 0 radical (unpaired) electrons. The molecule has 0 aliphatic carbocycles. The predicted octanol–water partition coefficient (Wildman–Crippen LogP) is 5.33. The van der Waals surface area contributed by atoms with Crippen molar-refractivity contribution in [2.45, 2.75) is 51.0 Å². The van der Waals surface area contributed by atoms with Crippen molar-refractivity contribution in [2.75, 3.05) is 0 Å². The molecule has 0 atom stereocenters. The second kappa shape index (κ2) is 10.7. The minimum atomic E-state index is -3.73. The molecule has 9 heteroatoms. The van der Waals surface area contributed by atoms with Gasteiger partial charge in [0.2, 0.25) is 21.7 Å². The van der Waals surface area contributed by atoms with Crippen LogP contribution in [0.15, 0.2) is 82.2 Å². The monoisotopic (exact) mass is 519 g/mol. The van der Waals surface area contributed by atoms with Crippen molar-refractivity contribution < 1.29 is 22.5 Å². The number of carbonyl (C=O) groups is 1. The van der Waals surface area contributed by atoms with Gasteiger partial charge in [0, 0.05) is 30.0 Å². The Balaban J connectivity index is 1.41. The molecule has 0 saturated heterocycles. The van der Waals surface area contributed by atoms with Gasteiger partial charge in [0.25, 0.3) is 0 Å². The largest absolute Gasteiger partial charge is 0.427 e. The van der Waals surface area contributed by atoms with Gasteiger partial charge in [-0.3, -0.25) is 4.79 Å². The van der Waals surface area contributed by atoms with Crippen LogP contribution in [-0.2, 0) is 21.2 Å². The molecule has 8 nitrogen and oxygen atoms in total. The van der Waals surface area contributed by atoms with Gasteiger partial charge in [0.05, 0.1) is 4.90 Å². The van der Waals surface area contributed by atoms with E-state index in [-0.39, 0.29) is 17.3 Å². The van der Waals surface area contributed by atoms with Gasteiger partial charge in [-0.2, -0.15) is 4.98 Å². The molecule has 192 valence electrons. The third kappa shape index (κ3) is 6.90. The molecule has 3 aromatic carbocycles. The quantitative estimate of drug-likeness (QED) is 0.247. The molecule has 0 unspecified atom stereocenters. The molecule has 0 fully saturated rings. The first kappa shape index (κ1) is 26.2. The number of rotatable bonds is 8. The molecule has 0 saturated carbocycles. The molecule has 0 spiro atoms. The van der Waals surface area contributed by atoms with Crippen LogP contribution < -0.4 is 9.46 Å². The summed E-state index contributed by atoms with van der Waals surface area (Å²) in [6.07, 6.45) is 0.684. The van der Waals surface area contributed by atoms with E-state index in [0.717, 1.165) is 11.1 Å². The molecule has 0 bridgehead atoms. The van der Waals surface area contributed by atoms with Gasteiger partial charge in [0.15, 0.2) is 0 Å². The SMILES string of the molecule is Cc1nc(-c2cccc(CCC(=O)Oc3ccc(-c4ccccc4S(=O)(=O)NC(C)(C)C)cc3)c2)no1. The van der Waals surface area contributed by atoms with Crippen molar-refractivity contribution in [2.24, 2.45) is 0 Å². The molecule has 1 N–H and O–H groups in total. The minimum Gasteiger partial charge on any atom is -0.427 e. The van der Waals surface area contributed by atoms with Gasteiger partial charge in [-0.1, -0.05) is 53.7 Å². The average molecular weight is 520 g/mol. The Bertz CT molecular complexity index is 1500. The summed E-state index contributed by atoms with van der Waals surface area (Å²) < 4.78 is 39.1. The summed E-state index contributed by atoms with van der Waals surface area (Å²) >= 11 is 0. The highest BCUT2D eigenvalue weighted by atomic mass is 32.2. The number of ether oxygens (including phenoxy) is 1. The molecule has 4 rings (SSSR count). The number of nitrogens with one attached hydrogen (secondary N) is 1. The summed E-state index contributed by atoms with van der Waals surface area (Å²) in [5.41, 5.74) is 2.42. The van der Waals surface area contributed by atoms with Gasteiger partial charge in [-0.15, -0.1) is 0 Å². The zero-order chi connectivity index (χ0) is 26.6. The Morgan fingerprint density at radius 1 is 0.973 bits per heavy atom. The lowest BCUT2D eigenvalue weighted by Gasteiger charge is -2.21. The zero-order valence-corrected chi connectivity index (χ0v) is 22.0. The summed E-state index contributed by atoms with van der Waals surface area (Å²) in [6.45, 7) is 7.11. The minimum absolute atomic E-state index is 0.188. The van der Waals surface area contributed by atoms with Crippen LogP contribution in [0.3, 0.4) is 0 Å². The van der Waals surface area contributed by atoms with E-state index in [1.165, 1.54) is 0 Å². The number of carbonyl (C=O) groups excluding carboxylic acids is 1. The highest BCUT2D eigenvalue weighted by Crippen LogP contribution is 2.29. The fourth-order valence-electron chi connectivity index (χ4n) is 3.81. The van der Waals surface area contributed by atoms with E-state index in [1.807, 2.05) is 24.3 Å². The number of hydrogen-bond acceptors (Lipinski definition) is 7. The topological polar surface area (TPSA) is 111 Å². The van der Waals surface area contributed by atoms with Crippen LogP contribution >= 0.6 is 0 Å². The van der Waals surface area contributed by atoms with Crippen LogP contribution in [0.1, 0.15) is 38.6 Å². The molecule has 4 aromatic rings. The Hall–Kier alpha value is -3.82. The first-order valence-corrected chi connectivity index (χ1v) is 13.3. The lowest BCUT2D eigenvalue weighted by Crippen LogP contribution is -2.40. The molecule has 0 amide bonds. The van der Waals surface area contributed by atoms with E-state index < -0.39 is 15.6 Å². The van der Waals surface area contributed by atoms with E-state index in [0.29, 0.717) is 35.0 Å². The number of sulfonamides is 1. The molecule has 0 aliphatic heterocycles. The van der Waals surface area contributed by atoms with Crippen molar-refractivity contribution >= 4 is 16.0 Å². The van der Waals surface area contributed by atoms with Crippen molar-refractivity contribution in [1.29, 1.82) is 0 Å². The lowest BCUT2D eigenvalue weighted by molar-refractivity contribution is -0.134. The van der Waals surface area contributed by atoms with E-state index in [9.17, 15) is 13.2 Å². The van der Waals surface area contributed by atoms with Gasteiger partial charge < -0.3 is 9.26 Å². The number of benzene rings is 3. The summed E-state index contributed by atoms with van der Waals surface area (Å²) in [6, 6.07) is 21.2. The normalized spacial score (nSPS) is 11.9. The third-order valence-corrected chi connectivity index (χ3v) is 7.16. The summed E-state index contributed by atoms with van der Waals surface area (Å²) in [4.78, 5) is 16.9. The molecular weight excluding hydrogens is 490 g/mol. The van der Waals surface area contributed by atoms with Gasteiger partial charge in [0.1, 0.15) is 5.75 Å². The van der Waals surface area contributed by atoms with Crippen molar-refractivity contribution in [3.8, 4) is 28.3 Å². The van der Waals surface area contributed by atoms with E-state index in [4.69, 9.17) is 9.26 Å². The standard InChI is InChI=1S/C28H29N3O5S/c1-19-29-27(30-36-19)22-9-7-8-20(18-22)12-17-26(32)35-23-15-13-21(14-16-23)24-10-5-6-11-25(24)37(33,34)31-28(2,3)4/h5-11,13-16,18,31H,12,17H2,1-4H3. The first-order valence-electron chi connectivity index (χ1n) is 11.8. The number of nitrogens with zero attached hydrogens (tertiary/aromatic N) is 2. The Kier molecular flexibility index (Phi) is 7.56.